The van der Waals surface area contributed by atoms with Gasteiger partial charge < -0.3 is 18.9 Å². The third kappa shape index (κ3) is 4.38. The van der Waals surface area contributed by atoms with Crippen molar-refractivity contribution in [1.82, 2.24) is 0 Å². The molecule has 0 spiro atoms. The summed E-state index contributed by atoms with van der Waals surface area (Å²) in [7, 11) is -4.97. The van der Waals surface area contributed by atoms with Crippen LogP contribution in [0.5, 0.6) is 23.0 Å². The summed E-state index contributed by atoms with van der Waals surface area (Å²) in [6, 6.07) is 1.99. The Morgan fingerprint density at radius 1 is 0.633 bits per heavy atom. The van der Waals surface area contributed by atoms with Crippen molar-refractivity contribution in [2.45, 2.75) is 9.79 Å². The summed E-state index contributed by atoms with van der Waals surface area (Å²) in [4.78, 5) is -1.47. The molecular weight excluding hydrogens is 576 g/mol. The maximum Gasteiger partial charge on any atom is 0.295 e. The summed E-state index contributed by atoms with van der Waals surface area (Å²) in [6.07, 6.45) is 0. The Labute approximate surface area is 189 Å². The fraction of sp³-hybridized carbons (Fsp3) is 0.250. The van der Waals surface area contributed by atoms with E-state index in [4.69, 9.17) is 18.9 Å². The van der Waals surface area contributed by atoms with Crippen LogP contribution in [0.4, 0.5) is 0 Å². The zero-order valence-electron chi connectivity index (χ0n) is 15.9. The Hall–Kier alpha value is -1.58. The molecule has 2 aromatic rings. The van der Waals surface area contributed by atoms with Crippen molar-refractivity contribution < 1.29 is 44.9 Å². The van der Waals surface area contributed by atoms with Gasteiger partial charge in [0.2, 0.25) is 0 Å². The minimum absolute atomic E-state index is 0.00914. The van der Waals surface area contributed by atoms with E-state index >= 15 is 0 Å². The molecule has 2 rings (SSSR count). The molecule has 0 atom stereocenters. The summed E-state index contributed by atoms with van der Waals surface area (Å²) in [6.45, 7) is 0. The molecule has 14 heteroatoms. The number of rotatable bonds is 7. The molecule has 0 saturated heterocycles. The monoisotopic (exact) mass is 590 g/mol. The minimum atomic E-state index is -4.93. The summed E-state index contributed by atoms with van der Waals surface area (Å²) < 4.78 is 89.6. The van der Waals surface area contributed by atoms with Crippen LogP contribution in [0.3, 0.4) is 0 Å². The van der Waals surface area contributed by atoms with Gasteiger partial charge >= 0.3 is 0 Å². The van der Waals surface area contributed by atoms with E-state index in [2.05, 4.69) is 31.9 Å². The number of methoxy groups -OCH3 is 4. The van der Waals surface area contributed by atoms with Crippen molar-refractivity contribution in [3.8, 4) is 34.1 Å². The first-order valence-electron chi connectivity index (χ1n) is 7.67. The predicted octanol–water partition coefficient (Wildman–Crippen LogP) is 3.41. The lowest BCUT2D eigenvalue weighted by Gasteiger charge is -2.22. The lowest BCUT2D eigenvalue weighted by Crippen LogP contribution is -2.10. The summed E-state index contributed by atoms with van der Waals surface area (Å²) >= 11 is 6.24. The minimum Gasteiger partial charge on any atom is -0.492 e. The smallest absolute Gasteiger partial charge is 0.295 e. The zero-order chi connectivity index (χ0) is 23.0. The van der Waals surface area contributed by atoms with Crippen LogP contribution in [0.1, 0.15) is 0 Å². The van der Waals surface area contributed by atoms with Gasteiger partial charge in [-0.05, 0) is 44.0 Å². The highest BCUT2D eigenvalue weighted by atomic mass is 79.9. The van der Waals surface area contributed by atoms with Crippen molar-refractivity contribution in [3.63, 3.8) is 0 Å². The third-order valence-corrected chi connectivity index (χ3v) is 6.86. The van der Waals surface area contributed by atoms with E-state index in [0.717, 1.165) is 12.1 Å². The molecule has 2 aromatic carbocycles. The SMILES string of the molecule is COc1c(Br)cc(S(=O)(=O)O)c(-c2c(S(=O)(=O)O)cc(Br)c(OC)c2OC)c1OC. The van der Waals surface area contributed by atoms with Crippen LogP contribution in [0.15, 0.2) is 30.9 Å². The normalized spacial score (nSPS) is 11.9. The molecule has 0 aromatic heterocycles. The second-order valence-electron chi connectivity index (χ2n) is 5.55. The Kier molecular flexibility index (Phi) is 7.31. The van der Waals surface area contributed by atoms with Crippen LogP contribution in [-0.4, -0.2) is 54.4 Å². The average molecular weight is 592 g/mol. The molecular formula is C16H16Br2O10S2. The van der Waals surface area contributed by atoms with Crippen LogP contribution < -0.4 is 18.9 Å². The molecule has 0 saturated carbocycles. The topological polar surface area (TPSA) is 146 Å². The van der Waals surface area contributed by atoms with Crippen molar-refractivity contribution in [2.24, 2.45) is 0 Å². The van der Waals surface area contributed by atoms with E-state index in [0.29, 0.717) is 0 Å². The van der Waals surface area contributed by atoms with Crippen LogP contribution >= 0.6 is 31.9 Å². The fourth-order valence-corrected chi connectivity index (χ4v) is 5.71. The molecule has 0 unspecified atom stereocenters. The highest BCUT2D eigenvalue weighted by Crippen LogP contribution is 2.54. The van der Waals surface area contributed by atoms with Gasteiger partial charge in [0.05, 0.1) is 48.5 Å². The Morgan fingerprint density at radius 2 is 0.900 bits per heavy atom. The Balaban J connectivity index is 3.34. The van der Waals surface area contributed by atoms with E-state index in [9.17, 15) is 25.9 Å². The molecule has 0 aliphatic carbocycles. The summed E-state index contributed by atoms with van der Waals surface area (Å²) in [5.74, 6) is -0.533. The lowest BCUT2D eigenvalue weighted by molar-refractivity contribution is 0.348. The quantitative estimate of drug-likeness (QED) is 0.459. The van der Waals surface area contributed by atoms with E-state index in [1.54, 1.807) is 0 Å². The van der Waals surface area contributed by atoms with E-state index in [1.165, 1.54) is 28.4 Å². The molecule has 0 amide bonds. The lowest BCUT2D eigenvalue weighted by atomic mass is 10.0. The molecule has 0 bridgehead atoms. The number of benzene rings is 2. The molecule has 0 aliphatic rings. The van der Waals surface area contributed by atoms with Gasteiger partial charge in [-0.3, -0.25) is 9.11 Å². The van der Waals surface area contributed by atoms with Crippen molar-refractivity contribution in [2.75, 3.05) is 28.4 Å². The largest absolute Gasteiger partial charge is 0.492 e. The standard InChI is InChI=1S/C16H16Br2O10S2/c1-25-13-7(17)5-9(29(19,20)21)11(15(13)27-3)12-10(30(22,23)24)6-8(18)14(26-2)16(12)28-4/h5-6H,1-4H3,(H,19,20,21)(H,22,23,24). The van der Waals surface area contributed by atoms with E-state index in [1.807, 2.05) is 0 Å². The van der Waals surface area contributed by atoms with Gasteiger partial charge in [-0.2, -0.15) is 16.8 Å². The molecule has 0 heterocycles. The number of hydrogen-bond acceptors (Lipinski definition) is 8. The zero-order valence-corrected chi connectivity index (χ0v) is 20.7. The van der Waals surface area contributed by atoms with Gasteiger partial charge in [0.25, 0.3) is 20.2 Å². The summed E-state index contributed by atoms with van der Waals surface area (Å²) in [5.41, 5.74) is -0.870. The molecule has 166 valence electrons. The fourth-order valence-electron chi connectivity index (χ4n) is 2.82. The predicted molar refractivity (Wildman–Crippen MR) is 113 cm³/mol. The molecule has 0 fully saturated rings. The highest BCUT2D eigenvalue weighted by Gasteiger charge is 2.34. The Bertz CT molecular complexity index is 1110. The molecule has 0 radical (unpaired) electrons. The molecule has 10 nitrogen and oxygen atoms in total. The molecule has 2 N–H and O–H groups in total. The van der Waals surface area contributed by atoms with Gasteiger partial charge in [0.15, 0.2) is 23.0 Å². The first-order chi connectivity index (χ1) is 13.8. The van der Waals surface area contributed by atoms with E-state index in [-0.39, 0.29) is 31.9 Å². The molecule has 30 heavy (non-hydrogen) atoms. The van der Waals surface area contributed by atoms with Gasteiger partial charge in [-0.15, -0.1) is 0 Å². The summed E-state index contributed by atoms with van der Waals surface area (Å²) in [5, 5.41) is 0. The second kappa shape index (κ2) is 8.88. The van der Waals surface area contributed by atoms with Gasteiger partial charge in [-0.25, -0.2) is 0 Å². The van der Waals surface area contributed by atoms with Gasteiger partial charge in [-0.1, -0.05) is 0 Å². The molecule has 0 aliphatic heterocycles. The van der Waals surface area contributed by atoms with Crippen molar-refractivity contribution in [1.29, 1.82) is 0 Å². The average Bonchev–Trinajstić information content (AvgIpc) is 2.64. The number of halogens is 2. The van der Waals surface area contributed by atoms with Crippen molar-refractivity contribution >= 4 is 52.1 Å². The first-order valence-corrected chi connectivity index (χ1v) is 12.1. The first kappa shape index (κ1) is 24.7. The highest BCUT2D eigenvalue weighted by molar-refractivity contribution is 9.11. The maximum atomic E-state index is 12.2. The van der Waals surface area contributed by atoms with Crippen LogP contribution in [-0.2, 0) is 20.2 Å². The number of ether oxygens (including phenoxy) is 4. The number of hydrogen-bond donors (Lipinski definition) is 2. The Morgan fingerprint density at radius 3 is 1.10 bits per heavy atom. The van der Waals surface area contributed by atoms with Crippen LogP contribution in [0, 0.1) is 0 Å². The van der Waals surface area contributed by atoms with Crippen molar-refractivity contribution in [3.05, 3.63) is 21.1 Å². The van der Waals surface area contributed by atoms with Crippen LogP contribution in [0.2, 0.25) is 0 Å². The second-order valence-corrected chi connectivity index (χ2v) is 10.0. The van der Waals surface area contributed by atoms with E-state index < -0.39 is 41.2 Å². The maximum absolute atomic E-state index is 12.2. The van der Waals surface area contributed by atoms with Gasteiger partial charge in [0, 0.05) is 0 Å². The third-order valence-electron chi connectivity index (χ3n) is 3.93. The van der Waals surface area contributed by atoms with Gasteiger partial charge in [0.1, 0.15) is 9.79 Å². The van der Waals surface area contributed by atoms with Crippen LogP contribution in [0.25, 0.3) is 11.1 Å².